The van der Waals surface area contributed by atoms with Gasteiger partial charge in [0.05, 0.1) is 7.11 Å². The van der Waals surface area contributed by atoms with Gasteiger partial charge < -0.3 is 15.2 Å². The number of halogens is 1. The predicted octanol–water partition coefficient (Wildman–Crippen LogP) is 0.0873. The second kappa shape index (κ2) is 3.44. The van der Waals surface area contributed by atoms with Crippen LogP contribution in [-0.4, -0.2) is 34.9 Å². The van der Waals surface area contributed by atoms with Crippen LogP contribution in [0.25, 0.3) is 0 Å². The average molecular weight is 291 g/mol. The lowest BCUT2D eigenvalue weighted by Gasteiger charge is -2.33. The maximum atomic E-state index is 11.8. The van der Waals surface area contributed by atoms with E-state index in [1.54, 1.807) is 0 Å². The minimum absolute atomic E-state index is 0.195. The first-order valence-electron chi connectivity index (χ1n) is 4.81. The van der Waals surface area contributed by atoms with Crippen molar-refractivity contribution in [2.24, 2.45) is 10.7 Å². The highest BCUT2D eigenvalue weighted by atomic mass is 79.9. The van der Waals surface area contributed by atoms with Gasteiger partial charge in [-0.25, -0.2) is 0 Å². The molecular weight excluding hydrogens is 280 g/mol. The lowest BCUT2D eigenvalue weighted by Crippen LogP contribution is -2.56. The molecule has 16 heavy (non-hydrogen) atoms. The van der Waals surface area contributed by atoms with Crippen LogP contribution in [0.2, 0.25) is 0 Å². The van der Waals surface area contributed by atoms with Gasteiger partial charge in [-0.05, 0) is 19.3 Å². The van der Waals surface area contributed by atoms with Crippen molar-refractivity contribution in [2.45, 2.75) is 29.2 Å². The van der Waals surface area contributed by atoms with Gasteiger partial charge in [0.25, 0.3) is 11.9 Å². The molecular formula is C9H11BrN2O4. The molecule has 2 aliphatic rings. The summed E-state index contributed by atoms with van der Waals surface area (Å²) in [5.74, 6) is -1.06. The van der Waals surface area contributed by atoms with Crippen molar-refractivity contribution in [2.75, 3.05) is 7.11 Å². The molecule has 2 rings (SSSR count). The number of rotatable bonds is 1. The number of nitrogens with zero attached hydrogens (tertiary/aromatic N) is 1. The van der Waals surface area contributed by atoms with Crippen LogP contribution in [0.4, 0.5) is 0 Å². The minimum atomic E-state index is -1.33. The highest BCUT2D eigenvalue weighted by molar-refractivity contribution is 9.10. The molecule has 1 fully saturated rings. The normalized spacial score (nSPS) is 37.4. The zero-order valence-corrected chi connectivity index (χ0v) is 10.2. The van der Waals surface area contributed by atoms with Crippen LogP contribution in [0.5, 0.6) is 0 Å². The molecule has 0 aromatic carbocycles. The molecule has 2 N–H and O–H groups in total. The first-order chi connectivity index (χ1) is 7.46. The van der Waals surface area contributed by atoms with Gasteiger partial charge in [0, 0.05) is 0 Å². The Morgan fingerprint density at radius 3 is 2.81 bits per heavy atom. The van der Waals surface area contributed by atoms with Gasteiger partial charge in [-0.15, -0.1) is 0 Å². The van der Waals surface area contributed by atoms with Crippen LogP contribution in [0.15, 0.2) is 4.99 Å². The van der Waals surface area contributed by atoms with E-state index in [9.17, 15) is 9.59 Å². The average Bonchev–Trinajstić information content (AvgIpc) is 2.70. The van der Waals surface area contributed by atoms with Gasteiger partial charge in [-0.2, -0.15) is 4.99 Å². The predicted molar refractivity (Wildman–Crippen MR) is 58.0 cm³/mol. The summed E-state index contributed by atoms with van der Waals surface area (Å²) in [5, 5.41) is 0. The van der Waals surface area contributed by atoms with Gasteiger partial charge >= 0.3 is 5.97 Å². The molecule has 1 saturated carbocycles. The summed E-state index contributed by atoms with van der Waals surface area (Å²) in [6.45, 7) is 0. The highest BCUT2D eigenvalue weighted by Gasteiger charge is 2.68. The van der Waals surface area contributed by atoms with E-state index >= 15 is 0 Å². The summed E-state index contributed by atoms with van der Waals surface area (Å²) in [4.78, 5) is 27.1. The summed E-state index contributed by atoms with van der Waals surface area (Å²) in [7, 11) is 1.26. The van der Waals surface area contributed by atoms with Crippen LogP contribution in [0.3, 0.4) is 0 Å². The Balaban J connectivity index is 2.42. The summed E-state index contributed by atoms with van der Waals surface area (Å²) in [6.07, 6.45) is 1.51. The van der Waals surface area contributed by atoms with Crippen LogP contribution in [0.1, 0.15) is 19.3 Å². The van der Waals surface area contributed by atoms with Gasteiger partial charge in [-0.3, -0.25) is 9.59 Å². The fourth-order valence-corrected chi connectivity index (χ4v) is 3.14. The third-order valence-corrected chi connectivity index (χ3v) is 4.40. The Labute approximate surface area is 100 Å². The number of amidine groups is 1. The first kappa shape index (κ1) is 11.4. The van der Waals surface area contributed by atoms with E-state index < -0.39 is 21.8 Å². The monoisotopic (exact) mass is 290 g/mol. The van der Waals surface area contributed by atoms with Crippen molar-refractivity contribution in [1.82, 2.24) is 0 Å². The molecule has 88 valence electrons. The SMILES string of the molecule is COC(=O)C1(Br)CCCC12OC(N)=NC2=O. The molecule has 1 spiro atoms. The number of hydrogen-bond acceptors (Lipinski definition) is 5. The Bertz CT molecular complexity index is 397. The fraction of sp³-hybridized carbons (Fsp3) is 0.667. The van der Waals surface area contributed by atoms with Crippen molar-refractivity contribution in [3.63, 3.8) is 0 Å². The molecule has 2 atom stereocenters. The van der Waals surface area contributed by atoms with Gasteiger partial charge in [0.1, 0.15) is 0 Å². The number of nitrogens with two attached hydrogens (primary N) is 1. The van der Waals surface area contributed by atoms with E-state index in [-0.39, 0.29) is 6.02 Å². The summed E-state index contributed by atoms with van der Waals surface area (Å²) in [6, 6.07) is -0.195. The molecule has 0 saturated heterocycles. The summed E-state index contributed by atoms with van der Waals surface area (Å²) < 4.78 is 8.80. The van der Waals surface area contributed by atoms with Crippen LogP contribution < -0.4 is 5.73 Å². The van der Waals surface area contributed by atoms with E-state index in [4.69, 9.17) is 15.2 Å². The van der Waals surface area contributed by atoms with E-state index in [1.165, 1.54) is 7.11 Å². The van der Waals surface area contributed by atoms with E-state index in [2.05, 4.69) is 20.9 Å². The van der Waals surface area contributed by atoms with E-state index in [0.29, 0.717) is 19.3 Å². The zero-order chi connectivity index (χ0) is 12.0. The summed E-state index contributed by atoms with van der Waals surface area (Å²) in [5.41, 5.74) is 4.05. The molecule has 0 aromatic rings. The molecule has 0 radical (unpaired) electrons. The third-order valence-electron chi connectivity index (χ3n) is 3.04. The molecule has 0 bridgehead atoms. The van der Waals surface area contributed by atoms with Crippen molar-refractivity contribution in [1.29, 1.82) is 0 Å². The number of ether oxygens (including phenoxy) is 2. The molecule has 7 heteroatoms. The Morgan fingerprint density at radius 2 is 2.31 bits per heavy atom. The second-order valence-corrected chi connectivity index (χ2v) is 5.18. The number of alkyl halides is 1. The molecule has 6 nitrogen and oxygen atoms in total. The van der Waals surface area contributed by atoms with Crippen molar-refractivity contribution in [3.8, 4) is 0 Å². The van der Waals surface area contributed by atoms with E-state index in [1.807, 2.05) is 0 Å². The number of carbonyl (C=O) groups excluding carboxylic acids is 2. The quantitative estimate of drug-likeness (QED) is 0.546. The topological polar surface area (TPSA) is 91.0 Å². The number of aliphatic imine (C=N–C) groups is 1. The standard InChI is InChI=1S/C9H11BrN2O4/c1-15-6(14)8(10)3-2-4-9(8)5(13)12-7(11)16-9/h2-4H2,1H3,(H2,11,12,13). The second-order valence-electron chi connectivity index (χ2n) is 3.83. The zero-order valence-electron chi connectivity index (χ0n) is 8.66. The molecule has 0 aromatic heterocycles. The van der Waals surface area contributed by atoms with Gasteiger partial charge in [0.15, 0.2) is 4.32 Å². The number of methoxy groups -OCH3 is 1. The van der Waals surface area contributed by atoms with Crippen LogP contribution in [0, 0.1) is 0 Å². The first-order valence-corrected chi connectivity index (χ1v) is 5.60. The number of esters is 1. The minimum Gasteiger partial charge on any atom is -0.468 e. The van der Waals surface area contributed by atoms with Crippen molar-refractivity contribution in [3.05, 3.63) is 0 Å². The van der Waals surface area contributed by atoms with Gasteiger partial charge in [0.2, 0.25) is 5.60 Å². The third kappa shape index (κ3) is 1.20. The summed E-state index contributed by atoms with van der Waals surface area (Å²) >= 11 is 3.27. The van der Waals surface area contributed by atoms with Crippen LogP contribution in [-0.2, 0) is 19.1 Å². The molecule has 1 heterocycles. The number of amides is 1. The number of hydrogen-bond donors (Lipinski definition) is 1. The Hall–Kier alpha value is -1.11. The molecule has 1 aliphatic heterocycles. The van der Waals surface area contributed by atoms with Crippen molar-refractivity contribution >= 4 is 33.8 Å². The van der Waals surface area contributed by atoms with Crippen LogP contribution >= 0.6 is 15.9 Å². The molecule has 1 amide bonds. The lowest BCUT2D eigenvalue weighted by atomic mass is 9.90. The smallest absolute Gasteiger partial charge is 0.327 e. The Kier molecular flexibility index (Phi) is 2.45. The lowest BCUT2D eigenvalue weighted by molar-refractivity contribution is -0.153. The highest BCUT2D eigenvalue weighted by Crippen LogP contribution is 2.51. The number of carbonyl (C=O) groups is 2. The maximum Gasteiger partial charge on any atom is 0.327 e. The molecule has 1 aliphatic carbocycles. The van der Waals surface area contributed by atoms with Gasteiger partial charge in [-0.1, -0.05) is 15.9 Å². The maximum absolute atomic E-state index is 11.8. The largest absolute Gasteiger partial charge is 0.468 e. The van der Waals surface area contributed by atoms with Crippen molar-refractivity contribution < 1.29 is 19.1 Å². The molecule has 2 unspecified atom stereocenters. The Morgan fingerprint density at radius 1 is 1.62 bits per heavy atom. The fourth-order valence-electron chi connectivity index (χ4n) is 2.25. The van der Waals surface area contributed by atoms with E-state index in [0.717, 1.165) is 0 Å².